The zero-order valence-electron chi connectivity index (χ0n) is 17.2. The standard InChI is InChI=1S/C23H18N8O2/c24-10-16-19(26)18-20(29-23(28-11-25)31-22(18)30-21(16)27)14-6-4-13(5-7-14)15-3-1-2-12(8-15)9-17(32)33/h1-8,20H,9H2,(H,32,33)(H6,26,27,28,29,30,31). The molecule has 0 bridgehead atoms. The van der Waals surface area contributed by atoms with Crippen molar-refractivity contribution < 1.29 is 9.90 Å². The molecule has 0 saturated carbocycles. The Bertz CT molecular complexity index is 1370. The molecule has 7 N–H and O–H groups in total. The van der Waals surface area contributed by atoms with Crippen molar-refractivity contribution in [1.29, 1.82) is 10.5 Å². The number of aliphatic imine (C=N–C) groups is 1. The van der Waals surface area contributed by atoms with E-state index in [1.165, 1.54) is 0 Å². The molecule has 1 aliphatic heterocycles. The number of nitrogens with one attached hydrogen (secondary N) is 2. The van der Waals surface area contributed by atoms with E-state index >= 15 is 0 Å². The number of carboxylic acids is 1. The lowest BCUT2D eigenvalue weighted by Crippen LogP contribution is -2.32. The summed E-state index contributed by atoms with van der Waals surface area (Å²) in [6.45, 7) is 0. The Kier molecular flexibility index (Phi) is 5.49. The second-order valence-corrected chi connectivity index (χ2v) is 7.29. The molecule has 0 spiro atoms. The molecule has 10 nitrogen and oxygen atoms in total. The summed E-state index contributed by atoms with van der Waals surface area (Å²) in [6, 6.07) is 16.1. The van der Waals surface area contributed by atoms with Crippen LogP contribution in [-0.2, 0) is 11.2 Å². The molecule has 3 aromatic rings. The normalized spacial score (nSPS) is 14.1. The number of guanidine groups is 1. The second kappa shape index (κ2) is 8.57. The molecule has 0 radical (unpaired) electrons. The van der Waals surface area contributed by atoms with Crippen LogP contribution in [0, 0.1) is 22.8 Å². The average Bonchev–Trinajstić information content (AvgIpc) is 2.79. The van der Waals surface area contributed by atoms with Gasteiger partial charge in [-0.25, -0.2) is 9.98 Å². The van der Waals surface area contributed by atoms with E-state index in [4.69, 9.17) is 21.8 Å². The minimum atomic E-state index is -0.893. The number of nitrogens with zero attached hydrogens (tertiary/aromatic N) is 4. The van der Waals surface area contributed by atoms with Gasteiger partial charge in [-0.2, -0.15) is 10.5 Å². The number of aromatic nitrogens is 1. The lowest BCUT2D eigenvalue weighted by Gasteiger charge is -2.26. The van der Waals surface area contributed by atoms with Gasteiger partial charge >= 0.3 is 5.97 Å². The summed E-state index contributed by atoms with van der Waals surface area (Å²) >= 11 is 0. The minimum Gasteiger partial charge on any atom is -0.481 e. The number of nitriles is 2. The first-order chi connectivity index (χ1) is 15.9. The Morgan fingerprint density at radius 2 is 1.91 bits per heavy atom. The quantitative estimate of drug-likeness (QED) is 0.301. The molecule has 2 aromatic carbocycles. The van der Waals surface area contributed by atoms with Gasteiger partial charge in [-0.1, -0.05) is 48.5 Å². The number of benzene rings is 2. The van der Waals surface area contributed by atoms with Crippen LogP contribution in [-0.4, -0.2) is 22.0 Å². The fourth-order valence-corrected chi connectivity index (χ4v) is 3.72. The highest BCUT2D eigenvalue weighted by molar-refractivity contribution is 5.98. The summed E-state index contributed by atoms with van der Waals surface area (Å²) in [7, 11) is 0. The maximum absolute atomic E-state index is 11.0. The van der Waals surface area contributed by atoms with Gasteiger partial charge in [0.05, 0.1) is 12.1 Å². The van der Waals surface area contributed by atoms with Crippen LogP contribution in [0.4, 0.5) is 17.3 Å². The first-order valence-corrected chi connectivity index (χ1v) is 9.81. The number of fused-ring (bicyclic) bond motifs is 1. The summed E-state index contributed by atoms with van der Waals surface area (Å²) in [5.74, 6) is -0.422. The van der Waals surface area contributed by atoms with E-state index in [1.54, 1.807) is 6.07 Å². The van der Waals surface area contributed by atoms with Crippen LogP contribution in [0.1, 0.15) is 28.3 Å². The first-order valence-electron chi connectivity index (χ1n) is 9.81. The Hall–Kier alpha value is -5.09. The SMILES string of the molecule is N#CNC1=NC(c2ccc(-c3cccc(CC(=O)O)c3)cc2)c2c(nc(N)c(C#N)c2N)N1. The fraction of sp³-hybridized carbons (Fsp3) is 0.0870. The van der Waals surface area contributed by atoms with E-state index in [2.05, 4.69) is 20.6 Å². The number of nitrogen functional groups attached to an aromatic ring is 2. The number of pyridine rings is 1. The number of aliphatic carboxylic acids is 1. The first kappa shape index (κ1) is 21.2. The van der Waals surface area contributed by atoms with Crippen molar-refractivity contribution in [3.05, 3.63) is 70.8 Å². The average molecular weight is 438 g/mol. The Morgan fingerprint density at radius 3 is 2.58 bits per heavy atom. The lowest BCUT2D eigenvalue weighted by molar-refractivity contribution is -0.136. The smallest absolute Gasteiger partial charge is 0.307 e. The van der Waals surface area contributed by atoms with E-state index < -0.39 is 12.0 Å². The zero-order valence-corrected chi connectivity index (χ0v) is 17.2. The number of carbonyl (C=O) groups is 1. The van der Waals surface area contributed by atoms with Crippen molar-refractivity contribution in [3.8, 4) is 23.4 Å². The predicted molar refractivity (Wildman–Crippen MR) is 123 cm³/mol. The van der Waals surface area contributed by atoms with Crippen LogP contribution in [0.5, 0.6) is 0 Å². The summed E-state index contributed by atoms with van der Waals surface area (Å²) < 4.78 is 0. The van der Waals surface area contributed by atoms with Crippen molar-refractivity contribution in [3.63, 3.8) is 0 Å². The van der Waals surface area contributed by atoms with E-state index in [9.17, 15) is 10.1 Å². The van der Waals surface area contributed by atoms with Gasteiger partial charge in [0.15, 0.2) is 6.19 Å². The molecule has 1 aliphatic rings. The molecule has 33 heavy (non-hydrogen) atoms. The molecular formula is C23H18N8O2. The van der Waals surface area contributed by atoms with Crippen LogP contribution >= 0.6 is 0 Å². The van der Waals surface area contributed by atoms with Gasteiger partial charge in [-0.05, 0) is 22.3 Å². The number of hydrogen-bond donors (Lipinski definition) is 5. The van der Waals surface area contributed by atoms with Crippen molar-refractivity contribution in [2.24, 2.45) is 4.99 Å². The molecule has 0 fully saturated rings. The molecule has 1 unspecified atom stereocenters. The van der Waals surface area contributed by atoms with E-state index in [-0.39, 0.29) is 29.4 Å². The predicted octanol–water partition coefficient (Wildman–Crippen LogP) is 2.35. The molecule has 0 aliphatic carbocycles. The molecule has 1 atom stereocenters. The summed E-state index contributed by atoms with van der Waals surface area (Å²) in [6.07, 6.45) is 1.76. The topological polar surface area (TPSA) is 186 Å². The largest absolute Gasteiger partial charge is 0.481 e. The Balaban J connectivity index is 1.76. The third-order valence-electron chi connectivity index (χ3n) is 5.20. The third-order valence-corrected chi connectivity index (χ3v) is 5.20. The number of hydrogen-bond acceptors (Lipinski definition) is 9. The van der Waals surface area contributed by atoms with E-state index in [1.807, 2.05) is 54.7 Å². The zero-order chi connectivity index (χ0) is 23.5. The highest BCUT2D eigenvalue weighted by Gasteiger charge is 2.29. The summed E-state index contributed by atoms with van der Waals surface area (Å²) in [4.78, 5) is 19.8. The van der Waals surface area contributed by atoms with Crippen LogP contribution in [0.2, 0.25) is 0 Å². The van der Waals surface area contributed by atoms with Crippen LogP contribution in [0.3, 0.4) is 0 Å². The van der Waals surface area contributed by atoms with Gasteiger partial charge in [-0.15, -0.1) is 0 Å². The minimum absolute atomic E-state index is 0.0187. The molecule has 0 amide bonds. The van der Waals surface area contributed by atoms with Crippen molar-refractivity contribution in [2.45, 2.75) is 12.5 Å². The highest BCUT2D eigenvalue weighted by atomic mass is 16.4. The van der Waals surface area contributed by atoms with Crippen LogP contribution in [0.25, 0.3) is 11.1 Å². The maximum atomic E-state index is 11.0. The molecule has 2 heterocycles. The van der Waals surface area contributed by atoms with Gasteiger partial charge in [0.2, 0.25) is 5.96 Å². The number of rotatable bonds is 4. The molecule has 0 saturated heterocycles. The molecule has 4 rings (SSSR count). The van der Waals surface area contributed by atoms with Gasteiger partial charge in [0.1, 0.15) is 29.3 Å². The van der Waals surface area contributed by atoms with Gasteiger partial charge in [0.25, 0.3) is 0 Å². The van der Waals surface area contributed by atoms with Crippen LogP contribution in [0.15, 0.2) is 53.5 Å². The van der Waals surface area contributed by atoms with Crippen molar-refractivity contribution >= 4 is 29.3 Å². The summed E-state index contributed by atoms with van der Waals surface area (Å²) in [5.41, 5.74) is 16.1. The number of anilines is 3. The van der Waals surface area contributed by atoms with E-state index in [0.717, 1.165) is 16.7 Å². The van der Waals surface area contributed by atoms with Crippen molar-refractivity contribution in [2.75, 3.05) is 16.8 Å². The summed E-state index contributed by atoms with van der Waals surface area (Å²) in [5, 5.41) is 32.8. The Labute approximate surface area is 188 Å². The van der Waals surface area contributed by atoms with Gasteiger partial charge < -0.3 is 21.9 Å². The van der Waals surface area contributed by atoms with E-state index in [0.29, 0.717) is 16.9 Å². The second-order valence-electron chi connectivity index (χ2n) is 7.29. The maximum Gasteiger partial charge on any atom is 0.307 e. The molecule has 10 heteroatoms. The molecule has 162 valence electrons. The highest BCUT2D eigenvalue weighted by Crippen LogP contribution is 2.40. The van der Waals surface area contributed by atoms with Gasteiger partial charge in [0, 0.05) is 5.56 Å². The third kappa shape index (κ3) is 4.09. The number of nitrogens with two attached hydrogens (primary N) is 2. The number of carboxylic acid groups (broad SMARTS) is 1. The monoisotopic (exact) mass is 438 g/mol. The Morgan fingerprint density at radius 1 is 1.15 bits per heavy atom. The molecule has 1 aromatic heterocycles. The van der Waals surface area contributed by atoms with Gasteiger partial charge in [-0.3, -0.25) is 10.1 Å². The fourth-order valence-electron chi connectivity index (χ4n) is 3.72. The van der Waals surface area contributed by atoms with Crippen LogP contribution < -0.4 is 22.1 Å². The lowest BCUT2D eigenvalue weighted by atomic mass is 9.93. The van der Waals surface area contributed by atoms with Crippen molar-refractivity contribution in [1.82, 2.24) is 10.3 Å². The molecular weight excluding hydrogens is 420 g/mol.